The molecule has 3 aromatic heterocycles. The maximum atomic E-state index is 5.72. The van der Waals surface area contributed by atoms with E-state index in [0.29, 0.717) is 11.9 Å². The molecule has 108 valence electrons. The summed E-state index contributed by atoms with van der Waals surface area (Å²) in [5.41, 5.74) is 5.72. The molecule has 0 spiro atoms. The van der Waals surface area contributed by atoms with Gasteiger partial charge in [0, 0.05) is 17.3 Å². The van der Waals surface area contributed by atoms with Gasteiger partial charge in [0.2, 0.25) is 11.9 Å². The molecule has 0 saturated heterocycles. The predicted octanol–water partition coefficient (Wildman–Crippen LogP) is 1.14. The SMILES string of the molecule is CC(Cc1cccs1)Nc1nc(N)nc(-n2cncn2)n1. The Morgan fingerprint density at radius 3 is 3.00 bits per heavy atom. The summed E-state index contributed by atoms with van der Waals surface area (Å²) in [6, 6.07) is 4.32. The summed E-state index contributed by atoms with van der Waals surface area (Å²) in [7, 11) is 0. The van der Waals surface area contributed by atoms with E-state index < -0.39 is 0 Å². The van der Waals surface area contributed by atoms with E-state index in [1.54, 1.807) is 11.3 Å². The van der Waals surface area contributed by atoms with Gasteiger partial charge in [-0.05, 0) is 18.4 Å². The van der Waals surface area contributed by atoms with Gasteiger partial charge >= 0.3 is 0 Å². The van der Waals surface area contributed by atoms with Crippen LogP contribution >= 0.6 is 11.3 Å². The van der Waals surface area contributed by atoms with E-state index in [9.17, 15) is 0 Å². The number of hydrogen-bond donors (Lipinski definition) is 2. The summed E-state index contributed by atoms with van der Waals surface area (Å²) < 4.78 is 1.44. The van der Waals surface area contributed by atoms with Crippen LogP contribution in [-0.4, -0.2) is 35.8 Å². The molecule has 3 rings (SSSR count). The molecule has 9 heteroatoms. The lowest BCUT2D eigenvalue weighted by atomic mass is 10.2. The molecule has 3 N–H and O–H groups in total. The van der Waals surface area contributed by atoms with Gasteiger partial charge in [-0.3, -0.25) is 0 Å². The highest BCUT2D eigenvalue weighted by molar-refractivity contribution is 7.09. The van der Waals surface area contributed by atoms with E-state index in [1.807, 2.05) is 6.07 Å². The maximum Gasteiger partial charge on any atom is 0.258 e. The van der Waals surface area contributed by atoms with Crippen LogP contribution in [0.15, 0.2) is 30.2 Å². The molecule has 0 aliphatic carbocycles. The van der Waals surface area contributed by atoms with E-state index in [2.05, 4.69) is 48.7 Å². The molecule has 0 aromatic carbocycles. The number of nitrogens with two attached hydrogens (primary N) is 1. The van der Waals surface area contributed by atoms with Crippen LogP contribution in [0.2, 0.25) is 0 Å². The van der Waals surface area contributed by atoms with Gasteiger partial charge in [-0.1, -0.05) is 6.07 Å². The van der Waals surface area contributed by atoms with Crippen molar-refractivity contribution in [1.82, 2.24) is 29.7 Å². The first-order valence-corrected chi connectivity index (χ1v) is 7.24. The molecular weight excluding hydrogens is 288 g/mol. The van der Waals surface area contributed by atoms with Crippen LogP contribution in [0.1, 0.15) is 11.8 Å². The minimum absolute atomic E-state index is 0.140. The molecule has 8 nitrogen and oxygen atoms in total. The maximum absolute atomic E-state index is 5.72. The van der Waals surface area contributed by atoms with Gasteiger partial charge in [-0.2, -0.15) is 24.7 Å². The van der Waals surface area contributed by atoms with Crippen LogP contribution in [0.25, 0.3) is 5.95 Å². The first-order chi connectivity index (χ1) is 10.2. The fourth-order valence-electron chi connectivity index (χ4n) is 1.86. The van der Waals surface area contributed by atoms with Gasteiger partial charge in [0.05, 0.1) is 0 Å². The Kier molecular flexibility index (Phi) is 3.73. The Hall–Kier alpha value is -2.55. The largest absolute Gasteiger partial charge is 0.368 e. The third-order valence-electron chi connectivity index (χ3n) is 2.73. The lowest BCUT2D eigenvalue weighted by Gasteiger charge is -2.13. The van der Waals surface area contributed by atoms with E-state index in [1.165, 1.54) is 22.2 Å². The average molecular weight is 302 g/mol. The Bertz CT molecular complexity index is 694. The smallest absolute Gasteiger partial charge is 0.258 e. The van der Waals surface area contributed by atoms with Crippen molar-refractivity contribution in [2.24, 2.45) is 0 Å². The van der Waals surface area contributed by atoms with Crippen LogP contribution in [-0.2, 0) is 6.42 Å². The van der Waals surface area contributed by atoms with E-state index in [4.69, 9.17) is 5.73 Å². The number of thiophene rings is 1. The van der Waals surface area contributed by atoms with Crippen molar-refractivity contribution in [2.75, 3.05) is 11.1 Å². The Morgan fingerprint density at radius 2 is 2.29 bits per heavy atom. The molecule has 0 bridgehead atoms. The van der Waals surface area contributed by atoms with Crippen molar-refractivity contribution < 1.29 is 0 Å². The first kappa shape index (κ1) is 13.4. The highest BCUT2D eigenvalue weighted by Gasteiger charge is 2.10. The number of nitrogens with one attached hydrogen (secondary N) is 1. The molecule has 0 saturated carbocycles. The first-order valence-electron chi connectivity index (χ1n) is 6.36. The fourth-order valence-corrected chi connectivity index (χ4v) is 2.70. The van der Waals surface area contributed by atoms with Gasteiger partial charge in [0.15, 0.2) is 0 Å². The quantitative estimate of drug-likeness (QED) is 0.727. The molecule has 0 aliphatic heterocycles. The molecule has 3 heterocycles. The molecule has 1 unspecified atom stereocenters. The van der Waals surface area contributed by atoms with Gasteiger partial charge in [0.1, 0.15) is 12.7 Å². The molecule has 1 atom stereocenters. The van der Waals surface area contributed by atoms with Crippen molar-refractivity contribution >= 4 is 23.2 Å². The Balaban J connectivity index is 1.76. The minimum atomic E-state index is 0.140. The van der Waals surface area contributed by atoms with Crippen molar-refractivity contribution in [3.05, 3.63) is 35.0 Å². The highest BCUT2D eigenvalue weighted by atomic mass is 32.1. The molecule has 0 aliphatic rings. The van der Waals surface area contributed by atoms with Crippen molar-refractivity contribution in [2.45, 2.75) is 19.4 Å². The summed E-state index contributed by atoms with van der Waals surface area (Å²) in [6.07, 6.45) is 3.81. The summed E-state index contributed by atoms with van der Waals surface area (Å²) in [4.78, 5) is 17.6. The van der Waals surface area contributed by atoms with Crippen molar-refractivity contribution in [1.29, 1.82) is 0 Å². The number of nitrogen functional groups attached to an aromatic ring is 1. The number of nitrogens with zero attached hydrogens (tertiary/aromatic N) is 6. The van der Waals surface area contributed by atoms with Gasteiger partial charge in [-0.25, -0.2) is 4.98 Å². The van der Waals surface area contributed by atoms with E-state index in [0.717, 1.165) is 6.42 Å². The summed E-state index contributed by atoms with van der Waals surface area (Å²) in [6.45, 7) is 2.06. The van der Waals surface area contributed by atoms with E-state index >= 15 is 0 Å². The van der Waals surface area contributed by atoms with Gasteiger partial charge < -0.3 is 11.1 Å². The number of anilines is 2. The topological polar surface area (TPSA) is 107 Å². The van der Waals surface area contributed by atoms with Crippen LogP contribution in [0.3, 0.4) is 0 Å². The number of hydrogen-bond acceptors (Lipinski definition) is 8. The minimum Gasteiger partial charge on any atom is -0.368 e. The highest BCUT2D eigenvalue weighted by Crippen LogP contribution is 2.13. The molecule has 0 fully saturated rings. The Labute approximate surface area is 125 Å². The van der Waals surface area contributed by atoms with Gasteiger partial charge in [0.25, 0.3) is 5.95 Å². The third kappa shape index (κ3) is 3.31. The third-order valence-corrected chi connectivity index (χ3v) is 3.63. The summed E-state index contributed by atoms with van der Waals surface area (Å²) >= 11 is 1.73. The zero-order valence-corrected chi connectivity index (χ0v) is 12.2. The number of aromatic nitrogens is 6. The van der Waals surface area contributed by atoms with E-state index in [-0.39, 0.29) is 12.0 Å². The standard InChI is InChI=1S/C12H14N8S/c1-8(5-9-3-2-4-21-9)16-11-17-10(13)18-12(19-11)20-7-14-6-15-20/h2-4,6-8H,5H2,1H3,(H3,13,16,17,18,19). The van der Waals surface area contributed by atoms with Crippen LogP contribution < -0.4 is 11.1 Å². The summed E-state index contributed by atoms with van der Waals surface area (Å²) in [5.74, 6) is 0.907. The predicted molar refractivity (Wildman–Crippen MR) is 80.3 cm³/mol. The zero-order valence-electron chi connectivity index (χ0n) is 11.3. The second kappa shape index (κ2) is 5.83. The van der Waals surface area contributed by atoms with Crippen LogP contribution in [0, 0.1) is 0 Å². The molecular formula is C12H14N8S. The second-order valence-corrected chi connectivity index (χ2v) is 5.52. The zero-order chi connectivity index (χ0) is 14.7. The average Bonchev–Trinajstić information content (AvgIpc) is 3.10. The van der Waals surface area contributed by atoms with Gasteiger partial charge in [-0.15, -0.1) is 11.3 Å². The fraction of sp³-hybridized carbons (Fsp3) is 0.250. The normalized spacial score (nSPS) is 12.2. The summed E-state index contributed by atoms with van der Waals surface area (Å²) in [5, 5.41) is 9.27. The van der Waals surface area contributed by atoms with Crippen LogP contribution in [0.5, 0.6) is 0 Å². The molecule has 0 amide bonds. The second-order valence-electron chi connectivity index (χ2n) is 4.49. The molecule has 0 radical (unpaired) electrons. The van der Waals surface area contributed by atoms with Crippen molar-refractivity contribution in [3.8, 4) is 5.95 Å². The van der Waals surface area contributed by atoms with Crippen LogP contribution in [0.4, 0.5) is 11.9 Å². The molecule has 21 heavy (non-hydrogen) atoms. The lowest BCUT2D eigenvalue weighted by molar-refractivity contribution is 0.763. The number of rotatable bonds is 5. The lowest BCUT2D eigenvalue weighted by Crippen LogP contribution is -2.21. The molecule has 3 aromatic rings. The Morgan fingerprint density at radius 1 is 1.38 bits per heavy atom. The van der Waals surface area contributed by atoms with Crippen molar-refractivity contribution in [3.63, 3.8) is 0 Å². The monoisotopic (exact) mass is 302 g/mol.